The predicted octanol–water partition coefficient (Wildman–Crippen LogP) is 1.13. The molecule has 0 aliphatic carbocycles. The Hall–Kier alpha value is -4.96. The van der Waals surface area contributed by atoms with Gasteiger partial charge in [-0.15, -0.1) is 23.1 Å². The van der Waals surface area contributed by atoms with Crippen molar-refractivity contribution in [2.75, 3.05) is 18.0 Å². The first-order valence-corrected chi connectivity index (χ1v) is 16.5. The fraction of sp³-hybridized carbons (Fsp3) is 0.269. The van der Waals surface area contributed by atoms with Crippen molar-refractivity contribution in [1.29, 1.82) is 0 Å². The van der Waals surface area contributed by atoms with Crippen LogP contribution in [-0.2, 0) is 34.0 Å². The summed E-state index contributed by atoms with van der Waals surface area (Å²) in [5.74, 6) is -6.52. The van der Waals surface area contributed by atoms with E-state index in [-0.39, 0.29) is 51.3 Å². The van der Waals surface area contributed by atoms with Gasteiger partial charge in [0.15, 0.2) is 10.8 Å². The third-order valence-electron chi connectivity index (χ3n) is 6.85. The zero-order chi connectivity index (χ0) is 35.7. The van der Waals surface area contributed by atoms with E-state index in [4.69, 9.17) is 15.6 Å². The molecule has 1 aromatic heterocycles. The summed E-state index contributed by atoms with van der Waals surface area (Å²) >= 11 is 2.17. The van der Waals surface area contributed by atoms with Crippen LogP contribution in [0.25, 0.3) is 0 Å². The summed E-state index contributed by atoms with van der Waals surface area (Å²) in [6.45, 7) is 1.69. The van der Waals surface area contributed by atoms with Gasteiger partial charge in [-0.05, 0) is 37.1 Å². The van der Waals surface area contributed by atoms with E-state index in [9.17, 15) is 51.1 Å². The average Bonchev–Trinajstić information content (AvgIpc) is 3.61. The van der Waals surface area contributed by atoms with E-state index < -0.39 is 63.0 Å². The molecule has 0 radical (unpaired) electrons. The first-order chi connectivity index (χ1) is 22.4. The average molecular weight is 733 g/mol. The molecule has 1 aromatic carbocycles. The van der Waals surface area contributed by atoms with Crippen LogP contribution < -0.4 is 11.1 Å². The molecule has 0 saturated carbocycles. The number of carbonyl (C=O) groups excluding carboxylic acids is 3. The Kier molecular flexibility index (Phi) is 10.2. The van der Waals surface area contributed by atoms with Gasteiger partial charge in [-0.2, -0.15) is 13.2 Å². The molecule has 5 rings (SSSR count). The van der Waals surface area contributed by atoms with Gasteiger partial charge in [0.05, 0.1) is 4.90 Å². The summed E-state index contributed by atoms with van der Waals surface area (Å²) in [6, 6.07) is 4.95. The molecule has 0 bridgehead atoms. The molecule has 2 fully saturated rings. The Morgan fingerprint density at radius 3 is 2.31 bits per heavy atom. The zero-order valence-corrected chi connectivity index (χ0v) is 26.6. The molecular weight excluding hydrogens is 710 g/mol. The molecule has 2 aromatic rings. The lowest BCUT2D eigenvalue weighted by atomic mass is 10.0. The maximum atomic E-state index is 13.1. The number of allylic oxidation sites excluding steroid dienone is 1. The third-order valence-corrected chi connectivity index (χ3v) is 10.6. The summed E-state index contributed by atoms with van der Waals surface area (Å²) in [7, 11) is -4.11. The number of hydrogen-bond acceptors (Lipinski definition) is 13. The highest BCUT2D eigenvalue weighted by molar-refractivity contribution is 8.00. The molecule has 3 amide bonds. The van der Waals surface area contributed by atoms with Gasteiger partial charge >= 0.3 is 18.1 Å². The van der Waals surface area contributed by atoms with Crippen LogP contribution in [0.1, 0.15) is 17.7 Å². The molecule has 3 aliphatic heterocycles. The SMILES string of the molecule is Cc1ccc(S(=O)(=O)N2CC/C(=C\C3=C(C(=O)O)N4C(=O)[C@@H](NC(=O)/C(=N\O)c5csc(N)n5)[C@H]4SC3)C2=O)cc1.O=C(O)C(F)(F)F. The summed E-state index contributed by atoms with van der Waals surface area (Å²) in [5, 5.41) is 32.5. The monoisotopic (exact) mass is 732 g/mol. The second-order valence-electron chi connectivity index (χ2n) is 9.98. The minimum absolute atomic E-state index is 0.00660. The Labute approximate surface area is 276 Å². The molecule has 0 spiro atoms. The van der Waals surface area contributed by atoms with Gasteiger partial charge in [0, 0.05) is 23.3 Å². The first-order valence-electron chi connectivity index (χ1n) is 13.2. The number of aromatic nitrogens is 1. The smallest absolute Gasteiger partial charge is 0.477 e. The van der Waals surface area contributed by atoms with Crippen molar-refractivity contribution in [1.82, 2.24) is 19.5 Å². The fourth-order valence-corrected chi connectivity index (χ4v) is 7.83. The van der Waals surface area contributed by atoms with Crippen LogP contribution in [0.2, 0.25) is 0 Å². The van der Waals surface area contributed by atoms with Crippen LogP contribution in [0.3, 0.4) is 0 Å². The van der Waals surface area contributed by atoms with Gasteiger partial charge < -0.3 is 26.5 Å². The van der Waals surface area contributed by atoms with Gasteiger partial charge in [-0.1, -0.05) is 22.9 Å². The number of thiazole rings is 1. The highest BCUT2D eigenvalue weighted by atomic mass is 32.2. The molecule has 22 heteroatoms. The molecule has 6 N–H and O–H groups in total. The summed E-state index contributed by atoms with van der Waals surface area (Å²) in [5.41, 5.74) is 5.84. The minimum Gasteiger partial charge on any atom is -0.477 e. The number of carbonyl (C=O) groups is 5. The van der Waals surface area contributed by atoms with Crippen molar-refractivity contribution in [3.8, 4) is 0 Å². The number of nitrogens with zero attached hydrogens (tertiary/aromatic N) is 4. The quantitative estimate of drug-likeness (QED) is 0.0882. The molecule has 3 aliphatic rings. The number of thioether (sulfide) groups is 1. The number of oxime groups is 1. The fourth-order valence-electron chi connectivity index (χ4n) is 4.57. The number of carboxylic acid groups (broad SMARTS) is 2. The highest BCUT2D eigenvalue weighted by Crippen LogP contribution is 2.41. The number of nitrogens with one attached hydrogen (secondary N) is 1. The zero-order valence-electron chi connectivity index (χ0n) is 24.2. The van der Waals surface area contributed by atoms with Crippen molar-refractivity contribution in [2.45, 2.75) is 35.8 Å². The first kappa shape index (κ1) is 35.9. The molecule has 2 saturated heterocycles. The van der Waals surface area contributed by atoms with E-state index in [1.54, 1.807) is 19.1 Å². The van der Waals surface area contributed by atoms with Gasteiger partial charge in [-0.3, -0.25) is 19.3 Å². The van der Waals surface area contributed by atoms with Gasteiger partial charge in [0.25, 0.3) is 27.7 Å². The number of anilines is 1. The molecule has 256 valence electrons. The molecule has 0 unspecified atom stereocenters. The number of β-lactam (4-membered cyclic amide) rings is 1. The van der Waals surface area contributed by atoms with Crippen LogP contribution in [-0.4, -0.2) is 103 Å². The molecule has 4 heterocycles. The van der Waals surface area contributed by atoms with Crippen molar-refractivity contribution in [3.63, 3.8) is 0 Å². The molecule has 16 nitrogen and oxygen atoms in total. The van der Waals surface area contributed by atoms with Crippen LogP contribution in [0.5, 0.6) is 0 Å². The number of hydrogen-bond donors (Lipinski definition) is 5. The number of carboxylic acids is 2. The van der Waals surface area contributed by atoms with Crippen LogP contribution in [0.4, 0.5) is 18.3 Å². The number of sulfonamides is 1. The molecule has 2 atom stereocenters. The van der Waals surface area contributed by atoms with Gasteiger partial charge in [-0.25, -0.2) is 27.3 Å². The number of rotatable bonds is 7. The normalized spacial score (nSPS) is 20.6. The number of amides is 3. The van der Waals surface area contributed by atoms with Crippen molar-refractivity contribution in [2.24, 2.45) is 5.16 Å². The third kappa shape index (κ3) is 7.13. The Morgan fingerprint density at radius 1 is 1.17 bits per heavy atom. The van der Waals surface area contributed by atoms with Crippen molar-refractivity contribution < 1.29 is 61.0 Å². The number of fused-ring (bicyclic) bond motifs is 1. The number of alkyl halides is 3. The summed E-state index contributed by atoms with van der Waals surface area (Å²) in [6.07, 6.45) is -3.70. The van der Waals surface area contributed by atoms with E-state index in [0.717, 1.165) is 37.9 Å². The predicted molar refractivity (Wildman–Crippen MR) is 161 cm³/mol. The topological polar surface area (TPSA) is 250 Å². The Morgan fingerprint density at radius 2 is 1.79 bits per heavy atom. The van der Waals surface area contributed by atoms with Crippen LogP contribution in [0, 0.1) is 6.92 Å². The number of halogens is 3. The van der Waals surface area contributed by atoms with E-state index in [0.29, 0.717) is 0 Å². The number of nitrogens with two attached hydrogens (primary N) is 1. The lowest BCUT2D eigenvalue weighted by molar-refractivity contribution is -0.192. The standard InChI is InChI=1S/C24H22N6O8S3.C2HF3O2/c1-11-2-4-14(5-3-11)41(37,38)29-7-6-12(20(29)32)8-13-9-39-22-17(21(33)30(22)18(13)23(34)35)27-19(31)16(28-36)15-10-40-24(25)26-15;3-2(4,5)1(6)7/h2-5,8,10,17,22,36H,6-7,9H2,1H3,(H2,25,26)(H,27,31)(H,34,35);(H,6,7)/b12-8+,28-16-;/t17-,22-;/m1./s1. The lowest BCUT2D eigenvalue weighted by Gasteiger charge is -2.49. The van der Waals surface area contributed by atoms with Crippen molar-refractivity contribution >= 4 is 73.6 Å². The summed E-state index contributed by atoms with van der Waals surface area (Å²) in [4.78, 5) is 64.7. The Balaban J connectivity index is 0.000000671. The number of aliphatic carboxylic acids is 2. The Bertz CT molecular complexity index is 1890. The van der Waals surface area contributed by atoms with E-state index in [1.807, 2.05) is 0 Å². The van der Waals surface area contributed by atoms with E-state index >= 15 is 0 Å². The second-order valence-corrected chi connectivity index (χ2v) is 13.8. The highest BCUT2D eigenvalue weighted by Gasteiger charge is 2.54. The second kappa shape index (κ2) is 13.6. The number of nitrogen functional groups attached to an aromatic ring is 1. The minimum atomic E-state index is -5.08. The largest absolute Gasteiger partial charge is 0.490 e. The van der Waals surface area contributed by atoms with Crippen LogP contribution >= 0.6 is 23.1 Å². The number of benzene rings is 1. The summed E-state index contributed by atoms with van der Waals surface area (Å²) < 4.78 is 58.6. The maximum Gasteiger partial charge on any atom is 0.490 e. The molecule has 48 heavy (non-hydrogen) atoms. The number of aryl methyl sites for hydroxylation is 1. The molecular formula is C26H23F3N6O10S3. The van der Waals surface area contributed by atoms with Crippen LogP contribution in [0.15, 0.2) is 62.6 Å². The van der Waals surface area contributed by atoms with Gasteiger partial charge in [0.2, 0.25) is 0 Å². The van der Waals surface area contributed by atoms with Gasteiger partial charge in [0.1, 0.15) is 22.8 Å². The lowest BCUT2D eigenvalue weighted by Crippen LogP contribution is -2.71. The maximum absolute atomic E-state index is 13.1. The van der Waals surface area contributed by atoms with Crippen molar-refractivity contribution in [3.05, 3.63) is 63.8 Å². The van der Waals surface area contributed by atoms with E-state index in [2.05, 4.69) is 15.5 Å². The van der Waals surface area contributed by atoms with E-state index in [1.165, 1.54) is 23.6 Å².